The molecule has 23 N–H and O–H groups in total. The SMILES string of the molecule is CCCC[C@H]1C(=O)N(C)[C@@H](CCCC)C(=O)N[C@@H](CCCNC(=N)N)C(=O)NC(C(=O)NCC(N)=O)CSCC(=O)N[C@@H](Cc2ccc(O)cc2)C(=O)N(C)[C@@H](C)C(=O)N[C@@H](CC(N)=O)C(=O)N2CCC[C@H]2C(=O)N[C@@H](CC(N)=O)C(=O)N[C@@H](CC(C)C)C(=O)N2CCC[C@H]2C(=O)N[C@@H](Cc2c[nH]c3ccccc23)C(=O)N[C@@H](CO)C(=O)N[C@@H](Cc2csc3ccccc23)C(=O)N1C. The number of rotatable bonds is 26. The highest BCUT2D eigenvalue weighted by atomic mass is 32.2. The number of aliphatic hydroxyl groups is 1. The Morgan fingerprint density at radius 3 is 1.65 bits per heavy atom. The standard InChI is InChI=1S/C89H126N22O20S2/c1-9-11-24-66-81(124)99-57(23-17-33-95-89(93)94)77(120)106-65(76(119)97-43-73(92)116)46-132-47-74(117)98-61(37-50-29-31-53(113)32-30-50)84(127)107(6)49(5)75(118)102-63(41-72(91)115)87(130)111-35-19-27-68(111)83(126)101-59(40-71(90)114)79(122)103-60(36-48(3)4)86(129)110-34-18-26-67(110)82(125)100-58(38-51-42-96-56-22-15-13-20-54(51)56)78(121)105-64(44-112)80(123)104-62(39-52-45-133-70-28-16-14-21-55(52)70)85(128)109(8)69(25-12-10-2)88(131)108(66)7/h13-16,20-22,28-32,42,45,48-49,57-69,96,112-113H,9-12,17-19,23-27,33-41,43-44,46-47H2,1-8H3,(H2,90,114)(H2,91,115)(H2,92,116)(H,97,119)(H,98,117)(H,99,124)(H,100,125)(H,101,126)(H,102,118)(H,103,122)(H,104,123)(H,105,121)(H,106,120)(H4,93,94,95)/t49-,57-,58-,59-,60-,61-,62-,63-,64-,65?,66-,67-,68-,69-/m0/s1. The van der Waals surface area contributed by atoms with Crippen LogP contribution in [-0.4, -0.2) is 302 Å². The van der Waals surface area contributed by atoms with Crippen LogP contribution in [0.4, 0.5) is 0 Å². The molecule has 5 aromatic rings. The van der Waals surface area contributed by atoms with Crippen molar-refractivity contribution in [3.8, 4) is 5.75 Å². The van der Waals surface area contributed by atoms with Gasteiger partial charge in [0.2, 0.25) is 106 Å². The molecule has 3 saturated heterocycles. The largest absolute Gasteiger partial charge is 0.508 e. The Morgan fingerprint density at radius 1 is 0.519 bits per heavy atom. The average molecular weight is 1890 g/mol. The minimum absolute atomic E-state index is 0.00119. The molecule has 724 valence electrons. The molecule has 3 aliphatic rings. The monoisotopic (exact) mass is 1890 g/mol. The number of carbonyl (C=O) groups is 18. The number of benzene rings is 3. The Bertz CT molecular complexity index is 5030. The van der Waals surface area contributed by atoms with Gasteiger partial charge in [0.1, 0.15) is 90.3 Å². The number of para-hydroxylation sites is 1. The van der Waals surface area contributed by atoms with Crippen LogP contribution in [0, 0.1) is 11.3 Å². The lowest BCUT2D eigenvalue weighted by molar-refractivity contribution is -0.149. The summed E-state index contributed by atoms with van der Waals surface area (Å²) in [6, 6.07) is -2.00. The van der Waals surface area contributed by atoms with Crippen LogP contribution in [-0.2, 0) is 106 Å². The maximum atomic E-state index is 15.7. The van der Waals surface area contributed by atoms with Gasteiger partial charge in [-0.05, 0) is 122 Å². The molecule has 2 aromatic heterocycles. The molecule has 3 aliphatic heterocycles. The molecule has 0 radical (unpaired) electrons. The third-order valence-corrected chi connectivity index (χ3v) is 25.7. The Balaban J connectivity index is 1.19. The van der Waals surface area contributed by atoms with Crippen LogP contribution in [0.25, 0.3) is 21.0 Å². The van der Waals surface area contributed by atoms with Crippen LogP contribution in [0.1, 0.15) is 148 Å². The number of aliphatic hydroxyl groups excluding tert-OH is 1. The molecule has 0 bridgehead atoms. The fraction of sp³-hybridized carbons (Fsp3) is 0.539. The van der Waals surface area contributed by atoms with Gasteiger partial charge in [-0.1, -0.05) is 102 Å². The van der Waals surface area contributed by atoms with E-state index in [0.717, 1.165) is 36.1 Å². The molecule has 5 heterocycles. The van der Waals surface area contributed by atoms with Crippen molar-refractivity contribution >= 4 is 156 Å². The lowest BCUT2D eigenvalue weighted by Gasteiger charge is -2.36. The zero-order chi connectivity index (χ0) is 97.6. The molecular formula is C89H126N22O20S2. The first kappa shape index (κ1) is 105. The number of aromatic hydroxyl groups is 1. The summed E-state index contributed by atoms with van der Waals surface area (Å²) in [5.41, 5.74) is 24.6. The van der Waals surface area contributed by atoms with Crippen molar-refractivity contribution in [1.29, 1.82) is 5.41 Å². The van der Waals surface area contributed by atoms with Gasteiger partial charge < -0.3 is 121 Å². The van der Waals surface area contributed by atoms with E-state index in [1.165, 1.54) is 68.6 Å². The molecule has 1 unspecified atom stereocenters. The number of nitrogens with one attached hydrogen (secondary N) is 13. The summed E-state index contributed by atoms with van der Waals surface area (Å²) < 4.78 is 0.816. The quantitative estimate of drug-likeness (QED) is 0.0158. The molecule has 18 amide bonds. The van der Waals surface area contributed by atoms with Crippen LogP contribution in [0.15, 0.2) is 84.4 Å². The third-order valence-electron chi connectivity index (χ3n) is 23.6. The minimum atomic E-state index is -1.86. The summed E-state index contributed by atoms with van der Waals surface area (Å²) in [7, 11) is 3.91. The molecule has 42 nitrogen and oxygen atoms in total. The number of aromatic nitrogens is 1. The Morgan fingerprint density at radius 2 is 1.04 bits per heavy atom. The van der Waals surface area contributed by atoms with Gasteiger partial charge in [0.15, 0.2) is 5.96 Å². The van der Waals surface area contributed by atoms with Crippen LogP contribution < -0.4 is 81.4 Å². The van der Waals surface area contributed by atoms with Crippen LogP contribution in [0.5, 0.6) is 5.75 Å². The fourth-order valence-corrected chi connectivity index (χ4v) is 18.1. The third kappa shape index (κ3) is 30.0. The van der Waals surface area contributed by atoms with Crippen molar-refractivity contribution in [3.05, 3.63) is 101 Å². The number of thioether (sulfide) groups is 1. The number of nitrogens with zero attached hydrogens (tertiary/aromatic N) is 5. The maximum absolute atomic E-state index is 15.7. The van der Waals surface area contributed by atoms with Crippen LogP contribution >= 0.6 is 23.1 Å². The van der Waals surface area contributed by atoms with Crippen molar-refractivity contribution in [2.24, 2.45) is 28.9 Å². The molecule has 3 fully saturated rings. The molecule has 8 rings (SSSR count). The molecule has 133 heavy (non-hydrogen) atoms. The number of unbranched alkanes of at least 4 members (excludes halogenated alkanes) is 2. The smallest absolute Gasteiger partial charge is 0.246 e. The van der Waals surface area contributed by atoms with E-state index in [-0.39, 0.29) is 108 Å². The number of likely N-dealkylation sites (N-methyl/N-ethyl adjacent to an activating group) is 3. The molecule has 14 atom stereocenters. The number of hydrogen-bond donors (Lipinski definition) is 19. The first-order chi connectivity index (χ1) is 63.2. The van der Waals surface area contributed by atoms with Crippen molar-refractivity contribution in [2.45, 2.75) is 235 Å². The van der Waals surface area contributed by atoms with Gasteiger partial charge in [-0.25, -0.2) is 0 Å². The van der Waals surface area contributed by atoms with Crippen molar-refractivity contribution in [1.82, 2.24) is 88.0 Å². The second kappa shape index (κ2) is 50.6. The lowest BCUT2D eigenvalue weighted by atomic mass is 10.00. The van der Waals surface area contributed by atoms with Crippen LogP contribution in [0.3, 0.4) is 0 Å². The number of H-pyrrole nitrogens is 1. The van der Waals surface area contributed by atoms with E-state index in [9.17, 15) is 63.0 Å². The van der Waals surface area contributed by atoms with Gasteiger partial charge in [0.25, 0.3) is 0 Å². The minimum Gasteiger partial charge on any atom is -0.508 e. The molecule has 0 aliphatic carbocycles. The molecule has 44 heteroatoms. The summed E-state index contributed by atoms with van der Waals surface area (Å²) in [5.74, 6) is -19.2. The zero-order valence-corrected chi connectivity index (χ0v) is 77.7. The summed E-state index contributed by atoms with van der Waals surface area (Å²) in [6.07, 6.45) is 0.863. The topological polar surface area (TPSA) is 640 Å². The first-order valence-electron chi connectivity index (χ1n) is 44.5. The number of aromatic amines is 1. The van der Waals surface area contributed by atoms with E-state index >= 15 is 33.6 Å². The van der Waals surface area contributed by atoms with Crippen molar-refractivity contribution in [3.63, 3.8) is 0 Å². The average Bonchev–Trinajstić information content (AvgIpc) is 1.67. The van der Waals surface area contributed by atoms with Gasteiger partial charge >= 0.3 is 0 Å². The molecule has 0 spiro atoms. The molecule has 0 saturated carbocycles. The summed E-state index contributed by atoms with van der Waals surface area (Å²) in [5, 5.41) is 61.1. The Kier molecular flexibility index (Phi) is 40.1. The number of guanidine groups is 1. The number of phenols is 1. The van der Waals surface area contributed by atoms with E-state index in [0.29, 0.717) is 58.7 Å². The maximum Gasteiger partial charge on any atom is 0.246 e. The Hall–Kier alpha value is -13.0. The predicted molar refractivity (Wildman–Crippen MR) is 493 cm³/mol. The number of phenolic OH excluding ortho intramolecular Hbond substituents is 1. The van der Waals surface area contributed by atoms with E-state index < -0.39 is 234 Å². The molecular weight excluding hydrogens is 1760 g/mol. The van der Waals surface area contributed by atoms with Crippen LogP contribution in [0.2, 0.25) is 0 Å². The zero-order valence-electron chi connectivity index (χ0n) is 76.0. The van der Waals surface area contributed by atoms with Gasteiger partial charge in [0, 0.05) is 87.6 Å². The molecule has 3 aromatic carbocycles. The summed E-state index contributed by atoms with van der Waals surface area (Å²) >= 11 is 2.11. The highest BCUT2D eigenvalue weighted by molar-refractivity contribution is 8.00. The highest BCUT2D eigenvalue weighted by Crippen LogP contribution is 2.30. The van der Waals surface area contributed by atoms with E-state index in [4.69, 9.17) is 28.3 Å². The number of thiophene rings is 1. The van der Waals surface area contributed by atoms with Gasteiger partial charge in [0.05, 0.1) is 31.7 Å². The Labute approximate surface area is 778 Å². The van der Waals surface area contributed by atoms with E-state index in [1.807, 2.05) is 32.0 Å². The van der Waals surface area contributed by atoms with E-state index in [2.05, 4.69) is 63.5 Å². The number of nitrogens with two attached hydrogens (primary N) is 4. The number of hydrogen-bond acceptors (Lipinski definition) is 23. The second-order valence-electron chi connectivity index (χ2n) is 34.1. The van der Waals surface area contributed by atoms with Gasteiger partial charge in [-0.2, -0.15) is 0 Å². The number of amides is 18. The summed E-state index contributed by atoms with van der Waals surface area (Å²) in [6.45, 7) is 6.38. The fourth-order valence-electron chi connectivity index (χ4n) is 16.3. The van der Waals surface area contributed by atoms with Gasteiger partial charge in [-0.15, -0.1) is 23.1 Å². The van der Waals surface area contributed by atoms with E-state index in [1.54, 1.807) is 55.8 Å². The number of fused-ring (bicyclic) bond motifs is 4. The lowest BCUT2D eigenvalue weighted by Crippen LogP contribution is -2.62. The predicted octanol–water partition coefficient (Wildman–Crippen LogP) is -2.26. The number of primary amides is 3. The van der Waals surface area contributed by atoms with Crippen molar-refractivity contribution in [2.75, 3.05) is 65.4 Å². The second-order valence-corrected chi connectivity index (χ2v) is 36.0. The summed E-state index contributed by atoms with van der Waals surface area (Å²) in [4.78, 5) is 271. The normalized spacial score (nSPS) is 24.4. The van der Waals surface area contributed by atoms with Crippen molar-refractivity contribution < 1.29 is 96.5 Å². The van der Waals surface area contributed by atoms with Gasteiger partial charge in [-0.3, -0.25) is 91.7 Å². The number of carbonyl (C=O) groups excluding carboxylic acids is 18. The first-order valence-corrected chi connectivity index (χ1v) is 46.6. The highest BCUT2D eigenvalue weighted by Gasteiger charge is 2.46.